The van der Waals surface area contributed by atoms with Crippen LogP contribution in [0.1, 0.15) is 43.5 Å². The zero-order valence-corrected chi connectivity index (χ0v) is 14.7. The lowest BCUT2D eigenvalue weighted by molar-refractivity contribution is 0.670. The second-order valence-electron chi connectivity index (χ2n) is 7.20. The summed E-state index contributed by atoms with van der Waals surface area (Å²) in [7, 11) is 1.97. The largest absolute Gasteiger partial charge is 0.398 e. The number of anilines is 1. The molecule has 0 radical (unpaired) electrons. The smallest absolute Gasteiger partial charge is 0.0663 e. The fraction of sp³-hybridized carbons (Fsp3) is 0.350. The van der Waals surface area contributed by atoms with Gasteiger partial charge in [0.15, 0.2) is 0 Å². The number of rotatable bonds is 3. The summed E-state index contributed by atoms with van der Waals surface area (Å²) in [5, 5.41) is 15.5. The maximum absolute atomic E-state index is 9.07. The van der Waals surface area contributed by atoms with Crippen LogP contribution >= 0.6 is 0 Å². The molecule has 1 saturated carbocycles. The quantitative estimate of drug-likeness (QED) is 0.736. The Kier molecular flexibility index (Phi) is 3.50. The summed E-state index contributed by atoms with van der Waals surface area (Å²) in [6.07, 6.45) is 4.65. The summed E-state index contributed by atoms with van der Waals surface area (Å²) in [5.41, 5.74) is 11.4. The molecule has 1 aliphatic carbocycles. The van der Waals surface area contributed by atoms with Gasteiger partial charge in [0, 0.05) is 47.2 Å². The molecule has 5 nitrogen and oxygen atoms in total. The number of fused-ring (bicyclic) bond motifs is 1. The molecule has 0 saturated heterocycles. The van der Waals surface area contributed by atoms with Crippen LogP contribution in [0, 0.1) is 17.2 Å². The maximum Gasteiger partial charge on any atom is 0.0663 e. The molecule has 2 unspecified atom stereocenters. The normalized spacial score (nSPS) is 19.3. The number of aryl methyl sites for hydroxylation is 1. The fourth-order valence-electron chi connectivity index (χ4n) is 3.68. The molecule has 5 heteroatoms. The van der Waals surface area contributed by atoms with E-state index < -0.39 is 0 Å². The Morgan fingerprint density at radius 1 is 1.28 bits per heavy atom. The first-order chi connectivity index (χ1) is 12.0. The molecule has 0 bridgehead atoms. The molecule has 2 atom stereocenters. The van der Waals surface area contributed by atoms with Gasteiger partial charge >= 0.3 is 0 Å². The molecular formula is C20H21N5. The highest BCUT2D eigenvalue weighted by Gasteiger charge is 2.39. The van der Waals surface area contributed by atoms with Gasteiger partial charge in [0.2, 0.25) is 0 Å². The third kappa shape index (κ3) is 2.54. The fourth-order valence-corrected chi connectivity index (χ4v) is 3.68. The Morgan fingerprint density at radius 2 is 2.08 bits per heavy atom. The predicted octanol–water partition coefficient (Wildman–Crippen LogP) is 3.97. The number of nitrogens with two attached hydrogens (primary N) is 1. The first-order valence-electron chi connectivity index (χ1n) is 8.60. The third-order valence-corrected chi connectivity index (χ3v) is 5.07. The molecule has 2 N–H and O–H groups in total. The van der Waals surface area contributed by atoms with Crippen molar-refractivity contribution in [1.29, 1.82) is 5.26 Å². The first kappa shape index (κ1) is 15.6. The first-order valence-corrected chi connectivity index (χ1v) is 8.60. The number of benzene rings is 1. The molecule has 1 fully saturated rings. The lowest BCUT2D eigenvalue weighted by Crippen LogP contribution is -2.01. The van der Waals surface area contributed by atoms with E-state index in [0.717, 1.165) is 39.7 Å². The van der Waals surface area contributed by atoms with Crippen LogP contribution in [0.5, 0.6) is 0 Å². The monoisotopic (exact) mass is 331 g/mol. The van der Waals surface area contributed by atoms with Gasteiger partial charge in [-0.3, -0.25) is 9.67 Å². The van der Waals surface area contributed by atoms with Gasteiger partial charge < -0.3 is 5.73 Å². The predicted molar refractivity (Wildman–Crippen MR) is 98.9 cm³/mol. The lowest BCUT2D eigenvalue weighted by Gasteiger charge is -2.12. The summed E-state index contributed by atoms with van der Waals surface area (Å²) in [6.45, 7) is 4.34. The van der Waals surface area contributed by atoms with E-state index in [1.165, 1.54) is 5.69 Å². The van der Waals surface area contributed by atoms with Crippen molar-refractivity contribution >= 4 is 16.5 Å². The zero-order valence-electron chi connectivity index (χ0n) is 14.7. The van der Waals surface area contributed by atoms with Crippen LogP contribution in [0.25, 0.3) is 21.9 Å². The molecule has 126 valence electrons. The molecular weight excluding hydrogens is 310 g/mol. The van der Waals surface area contributed by atoms with E-state index in [4.69, 9.17) is 11.0 Å². The average molecular weight is 331 g/mol. The number of nitriles is 1. The summed E-state index contributed by atoms with van der Waals surface area (Å²) in [4.78, 5) is 4.53. The highest BCUT2D eigenvalue weighted by atomic mass is 15.3. The van der Waals surface area contributed by atoms with Crippen molar-refractivity contribution in [1.82, 2.24) is 14.8 Å². The van der Waals surface area contributed by atoms with E-state index in [9.17, 15) is 0 Å². The maximum atomic E-state index is 9.07. The van der Waals surface area contributed by atoms with Crippen LogP contribution in [0.3, 0.4) is 0 Å². The van der Waals surface area contributed by atoms with Crippen molar-refractivity contribution < 1.29 is 0 Å². The van der Waals surface area contributed by atoms with Crippen LogP contribution in [0.4, 0.5) is 5.69 Å². The molecule has 2 aromatic heterocycles. The highest BCUT2D eigenvalue weighted by Crippen LogP contribution is 2.46. The van der Waals surface area contributed by atoms with Gasteiger partial charge in [-0.1, -0.05) is 13.8 Å². The summed E-state index contributed by atoms with van der Waals surface area (Å²) < 4.78 is 1.93. The second kappa shape index (κ2) is 5.59. The van der Waals surface area contributed by atoms with Crippen molar-refractivity contribution in [3.63, 3.8) is 0 Å². The zero-order chi connectivity index (χ0) is 17.7. The van der Waals surface area contributed by atoms with Gasteiger partial charge in [-0.25, -0.2) is 0 Å². The van der Waals surface area contributed by atoms with Crippen molar-refractivity contribution in [3.05, 3.63) is 42.0 Å². The Bertz CT molecular complexity index is 1010. The summed E-state index contributed by atoms with van der Waals surface area (Å²) in [6, 6.07) is 8.58. The van der Waals surface area contributed by atoms with Gasteiger partial charge in [-0.2, -0.15) is 10.4 Å². The lowest BCUT2D eigenvalue weighted by atomic mass is 9.96. The molecule has 0 amide bonds. The van der Waals surface area contributed by atoms with Crippen LogP contribution in [0.15, 0.2) is 30.6 Å². The minimum atomic E-state index is 0.108. The number of nitrogen functional groups attached to an aromatic ring is 1. The van der Waals surface area contributed by atoms with Crippen LogP contribution in [-0.4, -0.2) is 14.8 Å². The molecule has 3 aromatic rings. The minimum Gasteiger partial charge on any atom is -0.398 e. The molecule has 0 spiro atoms. The van der Waals surface area contributed by atoms with Gasteiger partial charge in [0.05, 0.1) is 18.2 Å². The van der Waals surface area contributed by atoms with Crippen molar-refractivity contribution in [2.75, 3.05) is 5.73 Å². The van der Waals surface area contributed by atoms with Crippen molar-refractivity contribution in [3.8, 4) is 17.2 Å². The molecule has 2 heterocycles. The standard InChI is InChI=1S/C20H21N5/c1-11(2)20-17(10-24-25(20)3)12-4-13-7-19(15-5-14(15)8-21)23-9-16(13)18(22)6-12/h4,6-7,9-11,14-15H,5,22H2,1-3H3. The number of aromatic nitrogens is 3. The minimum absolute atomic E-state index is 0.108. The Labute approximate surface area is 147 Å². The van der Waals surface area contributed by atoms with Gasteiger partial charge in [0.25, 0.3) is 0 Å². The summed E-state index contributed by atoms with van der Waals surface area (Å²) in [5.74, 6) is 0.746. The van der Waals surface area contributed by atoms with Crippen molar-refractivity contribution in [2.24, 2.45) is 13.0 Å². The van der Waals surface area contributed by atoms with Gasteiger partial charge in [0.1, 0.15) is 0 Å². The topological polar surface area (TPSA) is 80.5 Å². The molecule has 25 heavy (non-hydrogen) atoms. The number of nitrogens with zero attached hydrogens (tertiary/aromatic N) is 4. The Balaban J connectivity index is 1.85. The van der Waals surface area contributed by atoms with Crippen LogP contribution < -0.4 is 5.73 Å². The van der Waals surface area contributed by atoms with Crippen LogP contribution in [0.2, 0.25) is 0 Å². The molecule has 4 rings (SSSR count). The van der Waals surface area contributed by atoms with E-state index in [1.54, 1.807) is 0 Å². The van der Waals surface area contributed by atoms with Gasteiger partial charge in [-0.05, 0) is 41.5 Å². The number of pyridine rings is 1. The number of hydrogen-bond donors (Lipinski definition) is 1. The van der Waals surface area contributed by atoms with Crippen LogP contribution in [-0.2, 0) is 7.05 Å². The van der Waals surface area contributed by atoms with E-state index in [0.29, 0.717) is 5.92 Å². The molecule has 1 aromatic carbocycles. The van der Waals surface area contributed by atoms with E-state index in [1.807, 2.05) is 30.2 Å². The Hall–Kier alpha value is -2.87. The average Bonchev–Trinajstić information content (AvgIpc) is 3.27. The highest BCUT2D eigenvalue weighted by molar-refractivity contribution is 5.96. The number of hydrogen-bond acceptors (Lipinski definition) is 4. The second-order valence-corrected chi connectivity index (χ2v) is 7.20. The molecule has 0 aliphatic heterocycles. The van der Waals surface area contributed by atoms with Crippen molar-refractivity contribution in [2.45, 2.75) is 32.1 Å². The third-order valence-electron chi connectivity index (χ3n) is 5.07. The van der Waals surface area contributed by atoms with Gasteiger partial charge in [-0.15, -0.1) is 0 Å². The summed E-state index contributed by atoms with van der Waals surface area (Å²) >= 11 is 0. The van der Waals surface area contributed by atoms with E-state index >= 15 is 0 Å². The van der Waals surface area contributed by atoms with E-state index in [2.05, 4.69) is 42.1 Å². The van der Waals surface area contributed by atoms with E-state index in [-0.39, 0.29) is 11.8 Å². The SMILES string of the molecule is CC(C)c1c(-c2cc(N)c3cnc(C4CC4C#N)cc3c2)cnn1C. The molecule has 1 aliphatic rings. The Morgan fingerprint density at radius 3 is 2.76 bits per heavy atom.